The molecule has 1 amide bonds. The zero-order chi connectivity index (χ0) is 13.3. The molecule has 0 fully saturated rings. The lowest BCUT2D eigenvalue weighted by Gasteiger charge is -2.36. The number of carbonyl (C=O) groups excluding carboxylic acids is 1. The Kier molecular flexibility index (Phi) is 3.79. The third kappa shape index (κ3) is 3.17. The van der Waals surface area contributed by atoms with Crippen molar-refractivity contribution in [2.24, 2.45) is 11.1 Å². The van der Waals surface area contributed by atoms with E-state index in [1.54, 1.807) is 26.0 Å². The van der Waals surface area contributed by atoms with Crippen molar-refractivity contribution in [2.45, 2.75) is 33.2 Å². The number of carbonyl (C=O) groups is 1. The van der Waals surface area contributed by atoms with E-state index in [0.717, 1.165) is 0 Å². The van der Waals surface area contributed by atoms with Crippen LogP contribution in [0.2, 0.25) is 5.02 Å². The number of anilines is 1. The molecule has 94 valence electrons. The molecule has 1 rings (SSSR count). The Morgan fingerprint density at radius 3 is 2.35 bits per heavy atom. The summed E-state index contributed by atoms with van der Waals surface area (Å²) in [6, 6.07) is 3.32. The van der Waals surface area contributed by atoms with Gasteiger partial charge in [-0.1, -0.05) is 11.6 Å². The van der Waals surface area contributed by atoms with Crippen LogP contribution in [0.15, 0.2) is 18.3 Å². The van der Waals surface area contributed by atoms with E-state index in [-0.39, 0.29) is 5.91 Å². The highest BCUT2D eigenvalue weighted by Crippen LogP contribution is 2.29. The van der Waals surface area contributed by atoms with Crippen molar-refractivity contribution in [1.82, 2.24) is 4.98 Å². The minimum absolute atomic E-state index is 0.167. The summed E-state index contributed by atoms with van der Waals surface area (Å²) >= 11 is 5.72. The van der Waals surface area contributed by atoms with E-state index in [2.05, 4.69) is 10.3 Å². The molecule has 0 bridgehead atoms. The Morgan fingerprint density at radius 1 is 1.35 bits per heavy atom. The molecule has 1 aromatic rings. The molecule has 1 aromatic heterocycles. The number of halogens is 1. The average Bonchev–Trinajstić information content (AvgIpc) is 2.19. The molecule has 17 heavy (non-hydrogen) atoms. The van der Waals surface area contributed by atoms with Crippen LogP contribution in [-0.4, -0.2) is 16.4 Å². The minimum Gasteiger partial charge on any atom is -0.325 e. The van der Waals surface area contributed by atoms with Gasteiger partial charge in [0.05, 0.1) is 10.4 Å². The Balaban J connectivity index is 2.83. The maximum atomic E-state index is 12.1. The van der Waals surface area contributed by atoms with Crippen LogP contribution in [0.25, 0.3) is 0 Å². The molecule has 3 N–H and O–H groups in total. The number of nitrogens with zero attached hydrogens (tertiary/aromatic N) is 1. The van der Waals surface area contributed by atoms with Gasteiger partial charge in [-0.15, -0.1) is 0 Å². The highest BCUT2D eigenvalue weighted by molar-refractivity contribution is 6.30. The van der Waals surface area contributed by atoms with Gasteiger partial charge in [0.25, 0.3) is 0 Å². The van der Waals surface area contributed by atoms with Crippen molar-refractivity contribution < 1.29 is 4.79 Å². The normalized spacial score (nSPS) is 12.4. The first-order valence-corrected chi connectivity index (χ1v) is 5.74. The van der Waals surface area contributed by atoms with Crippen LogP contribution in [0.4, 0.5) is 5.82 Å². The first-order chi connectivity index (χ1) is 7.64. The van der Waals surface area contributed by atoms with Gasteiger partial charge in [-0.2, -0.15) is 0 Å². The largest absolute Gasteiger partial charge is 0.325 e. The SMILES string of the molecule is CC(C)(N)C(C)(C)C(=O)Nc1ccc(Cl)cn1. The lowest BCUT2D eigenvalue weighted by Crippen LogP contribution is -2.53. The average molecular weight is 256 g/mol. The van der Waals surface area contributed by atoms with Crippen molar-refractivity contribution >= 4 is 23.3 Å². The van der Waals surface area contributed by atoms with Crippen LogP contribution in [0, 0.1) is 5.41 Å². The van der Waals surface area contributed by atoms with E-state index < -0.39 is 11.0 Å². The van der Waals surface area contributed by atoms with Crippen LogP contribution < -0.4 is 11.1 Å². The lowest BCUT2D eigenvalue weighted by atomic mass is 9.74. The summed E-state index contributed by atoms with van der Waals surface area (Å²) in [5, 5.41) is 3.26. The molecule has 0 aliphatic rings. The molecule has 0 saturated carbocycles. The second kappa shape index (κ2) is 4.63. The van der Waals surface area contributed by atoms with Gasteiger partial charge < -0.3 is 11.1 Å². The molecule has 0 aliphatic heterocycles. The van der Waals surface area contributed by atoms with E-state index in [1.807, 2.05) is 13.8 Å². The van der Waals surface area contributed by atoms with E-state index in [4.69, 9.17) is 17.3 Å². The summed E-state index contributed by atoms with van der Waals surface area (Å²) in [4.78, 5) is 16.1. The molecule has 0 saturated heterocycles. The number of rotatable bonds is 3. The predicted octanol–water partition coefficient (Wildman–Crippen LogP) is 2.44. The highest BCUT2D eigenvalue weighted by atomic mass is 35.5. The fraction of sp³-hybridized carbons (Fsp3) is 0.500. The first kappa shape index (κ1) is 13.9. The van der Waals surface area contributed by atoms with Gasteiger partial charge >= 0.3 is 0 Å². The van der Waals surface area contributed by atoms with Gasteiger partial charge in [-0.05, 0) is 39.8 Å². The van der Waals surface area contributed by atoms with Gasteiger partial charge in [0, 0.05) is 11.7 Å². The van der Waals surface area contributed by atoms with E-state index in [9.17, 15) is 4.79 Å². The fourth-order valence-electron chi connectivity index (χ4n) is 1.01. The topological polar surface area (TPSA) is 68.0 Å². The monoisotopic (exact) mass is 255 g/mol. The quantitative estimate of drug-likeness (QED) is 0.872. The van der Waals surface area contributed by atoms with E-state index >= 15 is 0 Å². The Morgan fingerprint density at radius 2 is 1.94 bits per heavy atom. The summed E-state index contributed by atoms with van der Waals surface area (Å²) in [6.45, 7) is 7.25. The zero-order valence-corrected chi connectivity index (χ0v) is 11.3. The fourth-order valence-corrected chi connectivity index (χ4v) is 1.13. The molecular weight excluding hydrogens is 238 g/mol. The number of nitrogens with two attached hydrogens (primary N) is 1. The molecule has 5 heteroatoms. The van der Waals surface area contributed by atoms with Crippen molar-refractivity contribution in [3.05, 3.63) is 23.4 Å². The zero-order valence-electron chi connectivity index (χ0n) is 10.5. The summed E-state index contributed by atoms with van der Waals surface area (Å²) in [5.74, 6) is 0.302. The number of hydrogen-bond donors (Lipinski definition) is 2. The standard InChI is InChI=1S/C12H18ClN3O/c1-11(2,12(3,4)14)10(17)16-9-6-5-8(13)7-15-9/h5-7H,14H2,1-4H3,(H,15,16,17). The lowest BCUT2D eigenvalue weighted by molar-refractivity contribution is -0.126. The third-order valence-electron chi connectivity index (χ3n) is 3.15. The van der Waals surface area contributed by atoms with Crippen LogP contribution >= 0.6 is 11.6 Å². The Labute approximate surface area is 107 Å². The predicted molar refractivity (Wildman–Crippen MR) is 69.9 cm³/mol. The van der Waals surface area contributed by atoms with Crippen LogP contribution in [0.3, 0.4) is 0 Å². The maximum Gasteiger partial charge on any atom is 0.233 e. The van der Waals surface area contributed by atoms with E-state index in [1.165, 1.54) is 6.20 Å². The number of hydrogen-bond acceptors (Lipinski definition) is 3. The third-order valence-corrected chi connectivity index (χ3v) is 3.37. The molecule has 0 aromatic carbocycles. The first-order valence-electron chi connectivity index (χ1n) is 5.36. The van der Waals surface area contributed by atoms with Crippen LogP contribution in [-0.2, 0) is 4.79 Å². The summed E-state index contributed by atoms with van der Waals surface area (Å²) in [6.07, 6.45) is 1.48. The smallest absolute Gasteiger partial charge is 0.233 e. The van der Waals surface area contributed by atoms with Crippen LogP contribution in [0.1, 0.15) is 27.7 Å². The molecule has 0 radical (unpaired) electrons. The molecule has 4 nitrogen and oxygen atoms in total. The summed E-state index contributed by atoms with van der Waals surface area (Å²) < 4.78 is 0. The number of amides is 1. The molecule has 0 atom stereocenters. The second-order valence-corrected chi connectivity index (χ2v) is 5.60. The van der Waals surface area contributed by atoms with Crippen molar-refractivity contribution in [2.75, 3.05) is 5.32 Å². The van der Waals surface area contributed by atoms with Crippen molar-refractivity contribution in [1.29, 1.82) is 0 Å². The van der Waals surface area contributed by atoms with Gasteiger partial charge in [-0.25, -0.2) is 4.98 Å². The van der Waals surface area contributed by atoms with Gasteiger partial charge in [0.15, 0.2) is 0 Å². The Hall–Kier alpha value is -1.13. The number of aromatic nitrogens is 1. The van der Waals surface area contributed by atoms with Gasteiger partial charge in [0.1, 0.15) is 5.82 Å². The van der Waals surface area contributed by atoms with Gasteiger partial charge in [-0.3, -0.25) is 4.79 Å². The van der Waals surface area contributed by atoms with Gasteiger partial charge in [0.2, 0.25) is 5.91 Å². The second-order valence-electron chi connectivity index (χ2n) is 5.16. The minimum atomic E-state index is -0.700. The number of nitrogens with one attached hydrogen (secondary N) is 1. The molecule has 0 spiro atoms. The Bertz CT molecular complexity index is 407. The number of pyridine rings is 1. The van der Waals surface area contributed by atoms with E-state index in [0.29, 0.717) is 10.8 Å². The summed E-state index contributed by atoms with van der Waals surface area (Å²) in [5.41, 5.74) is 4.67. The highest BCUT2D eigenvalue weighted by Gasteiger charge is 2.40. The summed E-state index contributed by atoms with van der Waals surface area (Å²) in [7, 11) is 0. The molecule has 0 aliphatic carbocycles. The van der Waals surface area contributed by atoms with Crippen LogP contribution in [0.5, 0.6) is 0 Å². The maximum absolute atomic E-state index is 12.1. The molecule has 1 heterocycles. The molecule has 0 unspecified atom stereocenters. The molecular formula is C12H18ClN3O. The van der Waals surface area contributed by atoms with Crippen molar-refractivity contribution in [3.8, 4) is 0 Å². The van der Waals surface area contributed by atoms with Crippen molar-refractivity contribution in [3.63, 3.8) is 0 Å².